The van der Waals surface area contributed by atoms with E-state index in [4.69, 9.17) is 23.2 Å². The number of sulfonamides is 1. The molecule has 0 bridgehead atoms. The number of anilines is 1. The molecular formula is C36H39Cl2N3O4S. The minimum absolute atomic E-state index is 0.0492. The van der Waals surface area contributed by atoms with Gasteiger partial charge in [0.1, 0.15) is 12.6 Å². The van der Waals surface area contributed by atoms with E-state index in [1.54, 1.807) is 61.5 Å². The normalized spacial score (nSPS) is 12.7. The summed E-state index contributed by atoms with van der Waals surface area (Å²) in [6.45, 7) is 6.93. The first kappa shape index (κ1) is 35.0. The van der Waals surface area contributed by atoms with Crippen molar-refractivity contribution in [3.63, 3.8) is 0 Å². The summed E-state index contributed by atoms with van der Waals surface area (Å²) in [6.07, 6.45) is 0.895. The molecule has 1 N–H and O–H groups in total. The van der Waals surface area contributed by atoms with E-state index in [1.165, 1.54) is 17.0 Å². The molecule has 0 aliphatic heterocycles. The van der Waals surface area contributed by atoms with Gasteiger partial charge in [-0.1, -0.05) is 102 Å². The molecule has 4 rings (SSSR count). The van der Waals surface area contributed by atoms with E-state index in [-0.39, 0.29) is 29.8 Å². The van der Waals surface area contributed by atoms with Gasteiger partial charge in [-0.05, 0) is 74.2 Å². The standard InChI is InChI=1S/C36H39Cl2N3O4S/c1-5-27(4)39-36(43)34(21-28-12-7-6-8-13-28)40(23-29-17-18-30(37)22-32(29)38)35(42)24-41(33-14-10-9-11-26(33)3)46(44,45)31-19-15-25(2)16-20-31/h6-20,22,27,34H,5,21,23-24H2,1-4H3,(H,39,43)/t27-,34+/m0/s1. The molecule has 0 fully saturated rings. The summed E-state index contributed by atoms with van der Waals surface area (Å²) in [5.74, 6) is -0.911. The van der Waals surface area contributed by atoms with E-state index in [0.29, 0.717) is 33.3 Å². The van der Waals surface area contributed by atoms with Crippen molar-refractivity contribution in [2.75, 3.05) is 10.8 Å². The first-order valence-corrected chi connectivity index (χ1v) is 17.3. The van der Waals surface area contributed by atoms with Gasteiger partial charge in [0.05, 0.1) is 10.6 Å². The van der Waals surface area contributed by atoms with Crippen molar-refractivity contribution in [2.45, 2.75) is 64.1 Å². The highest BCUT2D eigenvalue weighted by Gasteiger charge is 2.35. The molecule has 7 nitrogen and oxygen atoms in total. The topological polar surface area (TPSA) is 86.8 Å². The van der Waals surface area contributed by atoms with Crippen LogP contribution in [-0.2, 0) is 32.6 Å². The van der Waals surface area contributed by atoms with Crippen LogP contribution in [0.15, 0.2) is 102 Å². The summed E-state index contributed by atoms with van der Waals surface area (Å²) >= 11 is 12.8. The minimum atomic E-state index is -4.19. The van der Waals surface area contributed by atoms with Crippen molar-refractivity contribution in [3.8, 4) is 0 Å². The van der Waals surface area contributed by atoms with E-state index in [9.17, 15) is 18.0 Å². The molecule has 46 heavy (non-hydrogen) atoms. The Balaban J connectivity index is 1.84. The fraction of sp³-hybridized carbons (Fsp3) is 0.278. The van der Waals surface area contributed by atoms with E-state index in [0.717, 1.165) is 15.4 Å². The largest absolute Gasteiger partial charge is 0.352 e. The number of nitrogens with one attached hydrogen (secondary N) is 1. The van der Waals surface area contributed by atoms with E-state index in [2.05, 4.69) is 5.32 Å². The van der Waals surface area contributed by atoms with Crippen molar-refractivity contribution in [1.29, 1.82) is 0 Å². The SMILES string of the molecule is CC[C@H](C)NC(=O)[C@@H](Cc1ccccc1)N(Cc1ccc(Cl)cc1Cl)C(=O)CN(c1ccccc1C)S(=O)(=O)c1ccc(C)cc1. The molecule has 4 aromatic rings. The van der Waals surface area contributed by atoms with Crippen LogP contribution >= 0.6 is 23.2 Å². The zero-order valence-electron chi connectivity index (χ0n) is 26.4. The van der Waals surface area contributed by atoms with Crippen molar-refractivity contribution >= 4 is 50.7 Å². The molecule has 0 saturated heterocycles. The number of nitrogens with zero attached hydrogens (tertiary/aromatic N) is 2. The molecule has 0 saturated carbocycles. The summed E-state index contributed by atoms with van der Waals surface area (Å²) < 4.78 is 29.6. The number of hydrogen-bond acceptors (Lipinski definition) is 4. The van der Waals surface area contributed by atoms with Crippen LogP contribution in [0.1, 0.15) is 42.5 Å². The van der Waals surface area contributed by atoms with Gasteiger partial charge in [-0.3, -0.25) is 13.9 Å². The van der Waals surface area contributed by atoms with E-state index in [1.807, 2.05) is 51.1 Å². The number of rotatable bonds is 13. The average Bonchev–Trinajstić information content (AvgIpc) is 3.03. The van der Waals surface area contributed by atoms with Crippen LogP contribution in [0.2, 0.25) is 10.0 Å². The first-order chi connectivity index (χ1) is 21.9. The van der Waals surface area contributed by atoms with Crippen molar-refractivity contribution < 1.29 is 18.0 Å². The van der Waals surface area contributed by atoms with Gasteiger partial charge in [0, 0.05) is 29.1 Å². The second kappa shape index (κ2) is 15.6. The van der Waals surface area contributed by atoms with Gasteiger partial charge in [0.2, 0.25) is 11.8 Å². The van der Waals surface area contributed by atoms with Gasteiger partial charge >= 0.3 is 0 Å². The smallest absolute Gasteiger partial charge is 0.264 e. The number of para-hydroxylation sites is 1. The van der Waals surface area contributed by atoms with Crippen LogP contribution in [0.3, 0.4) is 0 Å². The number of carbonyl (C=O) groups is 2. The summed E-state index contributed by atoms with van der Waals surface area (Å²) in [4.78, 5) is 30.1. The van der Waals surface area contributed by atoms with Gasteiger partial charge in [-0.15, -0.1) is 0 Å². The Hall–Kier alpha value is -3.85. The highest BCUT2D eigenvalue weighted by atomic mass is 35.5. The molecule has 0 aromatic heterocycles. The first-order valence-electron chi connectivity index (χ1n) is 15.1. The van der Waals surface area contributed by atoms with Gasteiger partial charge in [-0.25, -0.2) is 8.42 Å². The van der Waals surface area contributed by atoms with Crippen LogP contribution in [0.5, 0.6) is 0 Å². The molecule has 0 aliphatic carbocycles. The summed E-state index contributed by atoms with van der Waals surface area (Å²) in [5, 5.41) is 3.79. The Kier molecular flexibility index (Phi) is 11.9. The Morgan fingerprint density at radius 3 is 2.15 bits per heavy atom. The van der Waals surface area contributed by atoms with Crippen LogP contribution in [0.4, 0.5) is 5.69 Å². The van der Waals surface area contributed by atoms with Gasteiger partial charge in [-0.2, -0.15) is 0 Å². The van der Waals surface area contributed by atoms with Gasteiger partial charge in [0.15, 0.2) is 0 Å². The third-order valence-corrected chi connectivity index (χ3v) is 10.3. The van der Waals surface area contributed by atoms with Crippen LogP contribution in [0, 0.1) is 13.8 Å². The highest BCUT2D eigenvalue weighted by molar-refractivity contribution is 7.92. The average molecular weight is 681 g/mol. The quantitative estimate of drug-likeness (QED) is 0.160. The molecule has 0 aliphatic rings. The second-order valence-electron chi connectivity index (χ2n) is 11.4. The fourth-order valence-electron chi connectivity index (χ4n) is 5.02. The monoisotopic (exact) mass is 679 g/mol. The lowest BCUT2D eigenvalue weighted by Crippen LogP contribution is -2.54. The Labute approximate surface area is 282 Å². The second-order valence-corrected chi connectivity index (χ2v) is 14.1. The summed E-state index contributed by atoms with van der Waals surface area (Å²) in [7, 11) is -4.19. The zero-order chi connectivity index (χ0) is 33.4. The molecule has 2 atom stereocenters. The van der Waals surface area contributed by atoms with Crippen LogP contribution in [-0.4, -0.2) is 43.8 Å². The molecule has 0 unspecified atom stereocenters. The summed E-state index contributed by atoms with van der Waals surface area (Å²) in [6, 6.07) is 26.7. The Morgan fingerprint density at radius 1 is 0.870 bits per heavy atom. The van der Waals surface area contributed by atoms with Gasteiger partial charge in [0.25, 0.3) is 10.0 Å². The fourth-order valence-corrected chi connectivity index (χ4v) is 6.97. The lowest BCUT2D eigenvalue weighted by Gasteiger charge is -2.34. The number of hydrogen-bond donors (Lipinski definition) is 1. The molecule has 10 heteroatoms. The number of carbonyl (C=O) groups excluding carboxylic acids is 2. The Bertz CT molecular complexity index is 1770. The number of aryl methyl sites for hydroxylation is 2. The maximum absolute atomic E-state index is 14.6. The van der Waals surface area contributed by atoms with Crippen LogP contribution in [0.25, 0.3) is 0 Å². The lowest BCUT2D eigenvalue weighted by atomic mass is 10.0. The van der Waals surface area contributed by atoms with Crippen molar-refractivity contribution in [3.05, 3.63) is 129 Å². The number of amides is 2. The molecule has 0 spiro atoms. The minimum Gasteiger partial charge on any atom is -0.352 e. The van der Waals surface area contributed by atoms with Gasteiger partial charge < -0.3 is 10.2 Å². The molecule has 242 valence electrons. The Morgan fingerprint density at radius 2 is 1.52 bits per heavy atom. The summed E-state index contributed by atoms with van der Waals surface area (Å²) in [5.41, 5.74) is 3.35. The molecule has 0 radical (unpaired) electrons. The van der Waals surface area contributed by atoms with E-state index >= 15 is 0 Å². The maximum atomic E-state index is 14.6. The molecule has 0 heterocycles. The number of halogens is 2. The third kappa shape index (κ3) is 8.69. The predicted octanol–water partition coefficient (Wildman–Crippen LogP) is 7.36. The number of benzene rings is 4. The zero-order valence-corrected chi connectivity index (χ0v) is 28.7. The molecular weight excluding hydrogens is 641 g/mol. The molecule has 2 amide bonds. The predicted molar refractivity (Wildman–Crippen MR) is 186 cm³/mol. The lowest BCUT2D eigenvalue weighted by molar-refractivity contribution is -0.140. The van der Waals surface area contributed by atoms with Crippen molar-refractivity contribution in [1.82, 2.24) is 10.2 Å². The maximum Gasteiger partial charge on any atom is 0.264 e. The van der Waals surface area contributed by atoms with Crippen molar-refractivity contribution in [2.24, 2.45) is 0 Å². The van der Waals surface area contributed by atoms with Crippen LogP contribution < -0.4 is 9.62 Å². The van der Waals surface area contributed by atoms with E-state index < -0.39 is 28.5 Å². The highest BCUT2D eigenvalue weighted by Crippen LogP contribution is 2.29. The molecule has 4 aromatic carbocycles. The third-order valence-electron chi connectivity index (χ3n) is 7.90.